The van der Waals surface area contributed by atoms with Gasteiger partial charge >= 0.3 is 6.09 Å². The predicted octanol–water partition coefficient (Wildman–Crippen LogP) is 3.47. The van der Waals surface area contributed by atoms with E-state index in [1.54, 1.807) is 6.92 Å². The van der Waals surface area contributed by atoms with Crippen molar-refractivity contribution in [3.8, 4) is 0 Å². The number of rotatable bonds is 3. The third-order valence-electron chi connectivity index (χ3n) is 1.77. The second-order valence-electron chi connectivity index (χ2n) is 2.86. The number of anilines is 1. The number of nitro benzene ring substituents is 1. The van der Waals surface area contributed by atoms with Gasteiger partial charge in [0.25, 0.3) is 5.69 Å². The molecule has 0 bridgehead atoms. The molecule has 1 aromatic rings. The van der Waals surface area contributed by atoms with Gasteiger partial charge in [-0.15, -0.1) is 0 Å². The zero-order chi connectivity index (χ0) is 13.0. The van der Waals surface area contributed by atoms with Crippen LogP contribution in [0.25, 0.3) is 0 Å². The number of hydrogen-bond donors (Lipinski definition) is 1. The van der Waals surface area contributed by atoms with E-state index in [1.807, 2.05) is 0 Å². The van der Waals surface area contributed by atoms with E-state index in [2.05, 4.69) is 10.1 Å². The summed E-state index contributed by atoms with van der Waals surface area (Å²) >= 11 is 11.5. The monoisotopic (exact) mass is 278 g/mol. The van der Waals surface area contributed by atoms with Crippen LogP contribution in [0.2, 0.25) is 10.0 Å². The molecule has 17 heavy (non-hydrogen) atoms. The van der Waals surface area contributed by atoms with Gasteiger partial charge in [0.15, 0.2) is 0 Å². The quantitative estimate of drug-likeness (QED) is 0.678. The van der Waals surface area contributed by atoms with E-state index in [0.29, 0.717) is 0 Å². The molecule has 0 saturated heterocycles. The normalized spacial score (nSPS) is 9.82. The third kappa shape index (κ3) is 3.21. The summed E-state index contributed by atoms with van der Waals surface area (Å²) < 4.78 is 4.62. The summed E-state index contributed by atoms with van der Waals surface area (Å²) in [6, 6.07) is 2.42. The van der Waals surface area contributed by atoms with Crippen LogP contribution in [0.4, 0.5) is 16.2 Å². The first-order valence-electron chi connectivity index (χ1n) is 4.53. The first kappa shape index (κ1) is 13.5. The molecule has 0 heterocycles. The van der Waals surface area contributed by atoms with Crippen LogP contribution in [-0.2, 0) is 4.74 Å². The van der Waals surface area contributed by atoms with Crippen molar-refractivity contribution >= 4 is 40.7 Å². The van der Waals surface area contributed by atoms with Crippen molar-refractivity contribution in [2.24, 2.45) is 0 Å². The standard InChI is InChI=1S/C9H8Cl2N2O4/c1-2-17-9(14)12-8-5(10)3-4-6(7(8)11)13(15)16/h3-4H,2H2,1H3,(H,12,14). The first-order valence-corrected chi connectivity index (χ1v) is 5.29. The minimum absolute atomic E-state index is 0.0408. The molecule has 1 aromatic carbocycles. The van der Waals surface area contributed by atoms with Gasteiger partial charge in [-0.3, -0.25) is 15.4 Å². The van der Waals surface area contributed by atoms with Crippen molar-refractivity contribution in [1.29, 1.82) is 0 Å². The molecule has 0 saturated carbocycles. The number of ether oxygens (including phenoxy) is 1. The lowest BCUT2D eigenvalue weighted by atomic mass is 10.3. The van der Waals surface area contributed by atoms with E-state index in [9.17, 15) is 14.9 Å². The molecule has 0 spiro atoms. The topological polar surface area (TPSA) is 81.5 Å². The molecule has 8 heteroatoms. The van der Waals surface area contributed by atoms with Gasteiger partial charge in [-0.1, -0.05) is 23.2 Å². The SMILES string of the molecule is CCOC(=O)Nc1c(Cl)ccc([N+](=O)[O-])c1Cl. The first-order chi connectivity index (χ1) is 7.97. The Bertz CT molecular complexity index is 465. The lowest BCUT2D eigenvalue weighted by Crippen LogP contribution is -2.14. The number of hydrogen-bond acceptors (Lipinski definition) is 4. The molecule has 92 valence electrons. The Labute approximate surface area is 107 Å². The molecule has 0 unspecified atom stereocenters. The van der Waals surface area contributed by atoms with Gasteiger partial charge in [0.2, 0.25) is 0 Å². The molecule has 6 nitrogen and oxygen atoms in total. The summed E-state index contributed by atoms with van der Waals surface area (Å²) in [6.45, 7) is 1.78. The molecule has 0 aliphatic rings. The Morgan fingerprint density at radius 3 is 2.71 bits per heavy atom. The number of carbonyl (C=O) groups is 1. The maximum atomic E-state index is 11.2. The molecule has 0 aliphatic carbocycles. The highest BCUT2D eigenvalue weighted by Crippen LogP contribution is 2.37. The number of nitrogens with one attached hydrogen (secondary N) is 1. The molecule has 0 fully saturated rings. The van der Waals surface area contributed by atoms with Gasteiger partial charge in [-0.05, 0) is 13.0 Å². The number of amides is 1. The fraction of sp³-hybridized carbons (Fsp3) is 0.222. The number of carbonyl (C=O) groups excluding carboxylic acids is 1. The smallest absolute Gasteiger partial charge is 0.411 e. The maximum absolute atomic E-state index is 11.2. The van der Waals surface area contributed by atoms with E-state index in [4.69, 9.17) is 23.2 Å². The number of benzene rings is 1. The number of halogens is 2. The van der Waals surface area contributed by atoms with Gasteiger partial charge in [-0.25, -0.2) is 4.79 Å². The fourth-order valence-corrected chi connectivity index (χ4v) is 1.60. The average molecular weight is 279 g/mol. The molecule has 1 rings (SSSR count). The highest BCUT2D eigenvalue weighted by atomic mass is 35.5. The lowest BCUT2D eigenvalue weighted by Gasteiger charge is -2.08. The van der Waals surface area contributed by atoms with E-state index >= 15 is 0 Å². The van der Waals surface area contributed by atoms with E-state index < -0.39 is 11.0 Å². The van der Waals surface area contributed by atoms with Crippen LogP contribution in [0.3, 0.4) is 0 Å². The van der Waals surface area contributed by atoms with Gasteiger partial charge < -0.3 is 4.74 Å². The Kier molecular flexibility index (Phi) is 4.53. The van der Waals surface area contributed by atoms with Gasteiger partial charge in [0.05, 0.1) is 22.2 Å². The zero-order valence-corrected chi connectivity index (χ0v) is 10.2. The van der Waals surface area contributed by atoms with Crippen LogP contribution in [0.1, 0.15) is 6.92 Å². The van der Waals surface area contributed by atoms with Crippen LogP contribution >= 0.6 is 23.2 Å². The van der Waals surface area contributed by atoms with Gasteiger partial charge in [0, 0.05) is 6.07 Å². The second kappa shape index (κ2) is 5.70. The van der Waals surface area contributed by atoms with Crippen LogP contribution in [0, 0.1) is 10.1 Å². The van der Waals surface area contributed by atoms with Crippen molar-refractivity contribution in [1.82, 2.24) is 0 Å². The minimum atomic E-state index is -0.781. The Hall–Kier alpha value is -1.53. The van der Waals surface area contributed by atoms with Crippen LogP contribution in [0.5, 0.6) is 0 Å². The molecule has 1 amide bonds. The Morgan fingerprint density at radius 2 is 2.18 bits per heavy atom. The van der Waals surface area contributed by atoms with Crippen LogP contribution < -0.4 is 5.32 Å². The van der Waals surface area contributed by atoms with Crippen molar-refractivity contribution in [3.05, 3.63) is 32.3 Å². The third-order valence-corrected chi connectivity index (χ3v) is 2.47. The van der Waals surface area contributed by atoms with E-state index in [1.165, 1.54) is 6.07 Å². The lowest BCUT2D eigenvalue weighted by molar-refractivity contribution is -0.384. The van der Waals surface area contributed by atoms with Crippen molar-refractivity contribution in [2.75, 3.05) is 11.9 Å². The molecular formula is C9H8Cl2N2O4. The van der Waals surface area contributed by atoms with Crippen LogP contribution in [0.15, 0.2) is 12.1 Å². The van der Waals surface area contributed by atoms with Crippen LogP contribution in [-0.4, -0.2) is 17.6 Å². The Morgan fingerprint density at radius 1 is 1.53 bits per heavy atom. The van der Waals surface area contributed by atoms with Crippen molar-refractivity contribution < 1.29 is 14.5 Å². The molecule has 0 aliphatic heterocycles. The molecular weight excluding hydrogens is 271 g/mol. The highest BCUT2D eigenvalue weighted by molar-refractivity contribution is 6.41. The molecule has 0 atom stereocenters. The predicted molar refractivity (Wildman–Crippen MR) is 63.8 cm³/mol. The highest BCUT2D eigenvalue weighted by Gasteiger charge is 2.20. The molecule has 1 N–H and O–H groups in total. The fourth-order valence-electron chi connectivity index (χ4n) is 1.07. The minimum Gasteiger partial charge on any atom is -0.450 e. The zero-order valence-electron chi connectivity index (χ0n) is 8.70. The summed E-state index contributed by atoms with van der Waals surface area (Å²) in [4.78, 5) is 21.1. The van der Waals surface area contributed by atoms with Gasteiger partial charge in [0.1, 0.15) is 5.02 Å². The van der Waals surface area contributed by atoms with Gasteiger partial charge in [-0.2, -0.15) is 0 Å². The second-order valence-corrected chi connectivity index (χ2v) is 3.64. The molecule has 0 radical (unpaired) electrons. The molecule has 0 aromatic heterocycles. The summed E-state index contributed by atoms with van der Waals surface area (Å²) in [6.07, 6.45) is -0.781. The summed E-state index contributed by atoms with van der Waals surface area (Å²) in [5, 5.41) is 12.7. The van der Waals surface area contributed by atoms with Crippen molar-refractivity contribution in [2.45, 2.75) is 6.92 Å². The van der Waals surface area contributed by atoms with Crippen molar-refractivity contribution in [3.63, 3.8) is 0 Å². The summed E-state index contributed by atoms with van der Waals surface area (Å²) in [5.74, 6) is 0. The summed E-state index contributed by atoms with van der Waals surface area (Å²) in [5.41, 5.74) is -0.385. The van der Waals surface area contributed by atoms with E-state index in [0.717, 1.165) is 6.07 Å². The maximum Gasteiger partial charge on any atom is 0.411 e. The average Bonchev–Trinajstić information content (AvgIpc) is 2.24. The Balaban J connectivity index is 3.09. The summed E-state index contributed by atoms with van der Waals surface area (Å²) in [7, 11) is 0. The number of nitrogens with zero attached hydrogens (tertiary/aromatic N) is 1. The largest absolute Gasteiger partial charge is 0.450 e. The van der Waals surface area contributed by atoms with E-state index in [-0.39, 0.29) is 28.0 Å². The number of nitro groups is 1.